The summed E-state index contributed by atoms with van der Waals surface area (Å²) in [5, 5.41) is 2.65. The van der Waals surface area contributed by atoms with Gasteiger partial charge in [0.2, 0.25) is 11.8 Å². The Kier molecular flexibility index (Phi) is 9.47. The zero-order chi connectivity index (χ0) is 28.1. The minimum atomic E-state index is -0.524. The monoisotopic (exact) mass is 573 g/mol. The first-order valence-corrected chi connectivity index (χ1v) is 15.1. The number of anilines is 1. The van der Waals surface area contributed by atoms with Crippen LogP contribution in [0.1, 0.15) is 51.4 Å². The van der Waals surface area contributed by atoms with E-state index < -0.39 is 6.03 Å². The van der Waals surface area contributed by atoms with Crippen LogP contribution in [-0.4, -0.2) is 97.4 Å². The molecule has 0 unspecified atom stereocenters. The van der Waals surface area contributed by atoms with Gasteiger partial charge >= 0.3 is 6.03 Å². The summed E-state index contributed by atoms with van der Waals surface area (Å²) in [6.45, 7) is 6.11. The molecule has 1 aliphatic carbocycles. The molecule has 3 heterocycles. The number of rotatable bonds is 7. The van der Waals surface area contributed by atoms with Gasteiger partial charge in [-0.05, 0) is 43.7 Å². The van der Waals surface area contributed by atoms with Crippen LogP contribution in [0.15, 0.2) is 18.2 Å². The zero-order valence-corrected chi connectivity index (χ0v) is 23.9. The molecule has 0 atom stereocenters. The highest BCUT2D eigenvalue weighted by atomic mass is 35.5. The second-order valence-corrected chi connectivity index (χ2v) is 11.8. The number of benzene rings is 1. The maximum atomic E-state index is 12.9. The van der Waals surface area contributed by atoms with Crippen LogP contribution in [0.5, 0.6) is 5.75 Å². The number of ether oxygens (including phenoxy) is 1. The number of hydrogen-bond donors (Lipinski definition) is 1. The Labute approximate surface area is 240 Å². The average Bonchev–Trinajstić information content (AvgIpc) is 2.98. The Morgan fingerprint density at radius 1 is 0.900 bits per heavy atom. The van der Waals surface area contributed by atoms with Crippen LogP contribution in [0.3, 0.4) is 0 Å². The number of nitrogens with zero attached hydrogens (tertiary/aromatic N) is 4. The van der Waals surface area contributed by atoms with Gasteiger partial charge in [0, 0.05) is 70.8 Å². The summed E-state index contributed by atoms with van der Waals surface area (Å²) >= 11 is 6.29. The molecule has 0 bridgehead atoms. The Hall–Kier alpha value is -2.85. The third kappa shape index (κ3) is 7.07. The van der Waals surface area contributed by atoms with Crippen LogP contribution >= 0.6 is 11.6 Å². The fourth-order valence-corrected chi connectivity index (χ4v) is 6.53. The highest BCUT2D eigenvalue weighted by Crippen LogP contribution is 2.31. The molecule has 0 radical (unpaired) electrons. The van der Waals surface area contributed by atoms with Gasteiger partial charge in [0.1, 0.15) is 5.75 Å². The summed E-state index contributed by atoms with van der Waals surface area (Å²) in [7, 11) is 0. The van der Waals surface area contributed by atoms with Crippen LogP contribution in [0.4, 0.5) is 10.5 Å². The maximum Gasteiger partial charge on any atom is 0.328 e. The van der Waals surface area contributed by atoms with Crippen LogP contribution in [0, 0.1) is 11.8 Å². The van der Waals surface area contributed by atoms with Crippen molar-refractivity contribution in [2.24, 2.45) is 11.8 Å². The van der Waals surface area contributed by atoms with Crippen molar-refractivity contribution in [2.75, 3.05) is 63.9 Å². The van der Waals surface area contributed by atoms with Gasteiger partial charge in [-0.1, -0.05) is 30.9 Å². The molecular weight excluding hydrogens is 534 g/mol. The quantitative estimate of drug-likeness (QED) is 0.538. The van der Waals surface area contributed by atoms with Gasteiger partial charge in [-0.3, -0.25) is 29.5 Å². The number of likely N-dealkylation sites (tertiary alicyclic amines) is 1. The Morgan fingerprint density at radius 3 is 2.33 bits per heavy atom. The Bertz CT molecular complexity index is 1090. The largest absolute Gasteiger partial charge is 0.484 e. The fraction of sp³-hybridized carbons (Fsp3) is 0.655. The predicted octanol–water partition coefficient (Wildman–Crippen LogP) is 3.13. The average molecular weight is 574 g/mol. The molecule has 5 rings (SSSR count). The Morgan fingerprint density at radius 2 is 1.62 bits per heavy atom. The van der Waals surface area contributed by atoms with Gasteiger partial charge in [-0.15, -0.1) is 0 Å². The lowest BCUT2D eigenvalue weighted by Gasteiger charge is -2.40. The maximum absolute atomic E-state index is 12.9. The minimum Gasteiger partial charge on any atom is -0.484 e. The number of urea groups is 1. The first-order valence-electron chi connectivity index (χ1n) is 14.7. The molecule has 1 N–H and O–H groups in total. The van der Waals surface area contributed by atoms with Crippen LogP contribution in [0.25, 0.3) is 0 Å². The molecule has 40 heavy (non-hydrogen) atoms. The molecule has 1 aromatic carbocycles. The van der Waals surface area contributed by atoms with Crippen LogP contribution in [0.2, 0.25) is 5.02 Å². The van der Waals surface area contributed by atoms with E-state index in [9.17, 15) is 19.2 Å². The van der Waals surface area contributed by atoms with Crippen molar-refractivity contribution in [3.63, 3.8) is 0 Å². The first kappa shape index (κ1) is 28.7. The number of halogens is 1. The van der Waals surface area contributed by atoms with Crippen molar-refractivity contribution in [3.8, 4) is 5.75 Å². The zero-order valence-electron chi connectivity index (χ0n) is 23.1. The molecule has 3 aliphatic heterocycles. The molecular formula is C29H40ClN5O5. The van der Waals surface area contributed by atoms with Gasteiger partial charge in [0.25, 0.3) is 5.91 Å². The van der Waals surface area contributed by atoms with E-state index in [1.54, 1.807) is 18.2 Å². The smallest absolute Gasteiger partial charge is 0.328 e. The number of amides is 5. The molecule has 11 heteroatoms. The molecule has 1 aromatic rings. The molecule has 0 aromatic heterocycles. The van der Waals surface area contributed by atoms with Gasteiger partial charge in [-0.25, -0.2) is 4.79 Å². The van der Waals surface area contributed by atoms with Gasteiger partial charge in [0.05, 0.1) is 10.7 Å². The van der Waals surface area contributed by atoms with Crippen LogP contribution in [-0.2, 0) is 14.4 Å². The number of carbonyl (C=O) groups excluding carboxylic acids is 4. The fourth-order valence-electron chi connectivity index (χ4n) is 6.31. The van der Waals surface area contributed by atoms with Crippen LogP contribution < -0.4 is 15.0 Å². The van der Waals surface area contributed by atoms with E-state index in [1.807, 2.05) is 4.90 Å². The summed E-state index contributed by atoms with van der Waals surface area (Å²) in [5.74, 6) is 1.22. The summed E-state index contributed by atoms with van der Waals surface area (Å²) in [5.41, 5.74) is 0.441. The first-order chi connectivity index (χ1) is 19.4. The molecule has 1 saturated carbocycles. The second-order valence-electron chi connectivity index (χ2n) is 11.4. The summed E-state index contributed by atoms with van der Waals surface area (Å²) in [6.07, 6.45) is 7.87. The van der Waals surface area contributed by atoms with E-state index in [2.05, 4.69) is 15.1 Å². The van der Waals surface area contributed by atoms with Crippen molar-refractivity contribution in [3.05, 3.63) is 23.2 Å². The highest BCUT2D eigenvalue weighted by molar-refractivity contribution is 6.34. The third-order valence-electron chi connectivity index (χ3n) is 8.75. The molecule has 4 fully saturated rings. The number of hydrogen-bond acceptors (Lipinski definition) is 6. The third-order valence-corrected chi connectivity index (χ3v) is 9.07. The number of carbonyl (C=O) groups is 4. The lowest BCUT2D eigenvalue weighted by molar-refractivity contribution is -0.138. The minimum absolute atomic E-state index is 0.0638. The normalized spacial score (nSPS) is 21.9. The van der Waals surface area contributed by atoms with E-state index in [-0.39, 0.29) is 37.3 Å². The number of nitrogens with one attached hydrogen (secondary N) is 1. The molecule has 3 saturated heterocycles. The van der Waals surface area contributed by atoms with Gasteiger partial charge < -0.3 is 14.5 Å². The van der Waals surface area contributed by atoms with Crippen molar-refractivity contribution in [1.82, 2.24) is 20.0 Å². The van der Waals surface area contributed by atoms with E-state index >= 15 is 0 Å². The van der Waals surface area contributed by atoms with Crippen molar-refractivity contribution in [2.45, 2.75) is 51.4 Å². The molecule has 4 aliphatic rings. The van der Waals surface area contributed by atoms with Gasteiger partial charge in [-0.2, -0.15) is 0 Å². The summed E-state index contributed by atoms with van der Waals surface area (Å²) in [6, 6.07) is 4.39. The van der Waals surface area contributed by atoms with E-state index in [0.29, 0.717) is 41.4 Å². The van der Waals surface area contributed by atoms with Crippen molar-refractivity contribution < 1.29 is 23.9 Å². The molecule has 5 amide bonds. The lowest BCUT2D eigenvalue weighted by Crippen LogP contribution is -2.52. The number of imide groups is 1. The molecule has 10 nitrogen and oxygen atoms in total. The van der Waals surface area contributed by atoms with E-state index in [4.69, 9.17) is 16.3 Å². The predicted molar refractivity (Wildman–Crippen MR) is 151 cm³/mol. The lowest BCUT2D eigenvalue weighted by atomic mass is 9.88. The molecule has 218 valence electrons. The van der Waals surface area contributed by atoms with Gasteiger partial charge in [0.15, 0.2) is 6.61 Å². The molecule has 0 spiro atoms. The second kappa shape index (κ2) is 13.2. The summed E-state index contributed by atoms with van der Waals surface area (Å²) in [4.78, 5) is 57.2. The van der Waals surface area contributed by atoms with Crippen molar-refractivity contribution in [1.29, 1.82) is 0 Å². The van der Waals surface area contributed by atoms with Crippen molar-refractivity contribution >= 4 is 41.0 Å². The Balaban J connectivity index is 1.03. The summed E-state index contributed by atoms with van der Waals surface area (Å²) < 4.78 is 5.77. The standard InChI is InChI=1S/C29H40ClN5O5/c30-24-7-6-23(18-25(24)35-13-10-26(36)31-29(35)39)40-20-27(37)33-11-8-21(9-12-33)19-32-14-16-34(17-15-32)28(38)22-4-2-1-3-5-22/h6-7,18,21-22H,1-5,8-17,19-20H2,(H,31,36,39). The number of piperidine rings is 1. The SMILES string of the molecule is O=C1CCN(c2cc(OCC(=O)N3CCC(CN4CCN(C(=O)C5CCCCC5)CC4)CC3)ccc2Cl)C(=O)N1. The number of piperazine rings is 1. The highest BCUT2D eigenvalue weighted by Gasteiger charge is 2.31. The van der Waals surface area contributed by atoms with E-state index in [1.165, 1.54) is 24.2 Å². The topological polar surface area (TPSA) is 102 Å². The van der Waals surface area contributed by atoms with E-state index in [0.717, 1.165) is 58.4 Å².